The summed E-state index contributed by atoms with van der Waals surface area (Å²) in [5, 5.41) is 0. The number of nitrogen functional groups attached to an aromatic ring is 1. The molecule has 1 saturated heterocycles. The van der Waals surface area contributed by atoms with Gasteiger partial charge in [-0.25, -0.2) is 0 Å². The Hall–Kier alpha value is -2.33. The number of carbonyl (C=O) groups excluding carboxylic acids is 1. The van der Waals surface area contributed by atoms with Crippen LogP contribution in [0, 0.1) is 5.92 Å². The maximum Gasteiger partial charge on any atom is 0.226 e. The van der Waals surface area contributed by atoms with Crippen molar-refractivity contribution in [2.75, 3.05) is 30.3 Å². The molecule has 3 rings (SSSR count). The molecule has 1 amide bonds. The summed E-state index contributed by atoms with van der Waals surface area (Å²) < 4.78 is 0. The van der Waals surface area contributed by atoms with Crippen molar-refractivity contribution >= 4 is 17.3 Å². The molecule has 0 radical (unpaired) electrons. The number of benzene rings is 2. The fraction of sp³-hybridized carbons (Fsp3) is 0.435. The van der Waals surface area contributed by atoms with Crippen LogP contribution in [0.15, 0.2) is 54.6 Å². The first-order valence-corrected chi connectivity index (χ1v) is 10.0. The van der Waals surface area contributed by atoms with Crippen LogP contribution in [0.3, 0.4) is 0 Å². The molecule has 27 heavy (non-hydrogen) atoms. The average Bonchev–Trinajstić information content (AvgIpc) is 2.70. The highest BCUT2D eigenvalue weighted by molar-refractivity contribution is 5.93. The zero-order chi connectivity index (χ0) is 19.2. The van der Waals surface area contributed by atoms with E-state index in [1.165, 1.54) is 5.56 Å². The number of amides is 1. The number of para-hydroxylation sites is 1. The minimum Gasteiger partial charge on any atom is -0.399 e. The molecule has 0 bridgehead atoms. The van der Waals surface area contributed by atoms with Crippen LogP contribution >= 0.6 is 0 Å². The van der Waals surface area contributed by atoms with Crippen LogP contribution in [0.4, 0.5) is 11.4 Å². The van der Waals surface area contributed by atoms with Crippen molar-refractivity contribution in [2.45, 2.75) is 39.2 Å². The molecule has 1 aliphatic rings. The van der Waals surface area contributed by atoms with Gasteiger partial charge in [-0.05, 0) is 48.6 Å². The van der Waals surface area contributed by atoms with Gasteiger partial charge in [0.1, 0.15) is 0 Å². The molecule has 0 aliphatic carbocycles. The molecule has 1 aliphatic heterocycles. The number of rotatable bonds is 6. The fourth-order valence-corrected chi connectivity index (χ4v) is 4.06. The topological polar surface area (TPSA) is 49.6 Å². The average molecular weight is 366 g/mol. The predicted molar refractivity (Wildman–Crippen MR) is 113 cm³/mol. The summed E-state index contributed by atoms with van der Waals surface area (Å²) in [5.74, 6) is 0.661. The standard InChI is InChI=1S/C23H31N3O/c1-3-23(27)26(21-7-5-4-6-8-21)22-14-16-25(17-18(22)2)15-13-19-9-11-20(24)12-10-19/h4-12,18,22H,3,13-17,24H2,1-2H3. The van der Waals surface area contributed by atoms with Crippen LogP contribution in [0.5, 0.6) is 0 Å². The molecular weight excluding hydrogens is 334 g/mol. The summed E-state index contributed by atoms with van der Waals surface area (Å²) in [4.78, 5) is 17.2. The molecule has 2 atom stereocenters. The van der Waals surface area contributed by atoms with E-state index in [4.69, 9.17) is 5.73 Å². The number of likely N-dealkylation sites (tertiary alicyclic amines) is 1. The fourth-order valence-electron chi connectivity index (χ4n) is 4.06. The highest BCUT2D eigenvalue weighted by Crippen LogP contribution is 2.28. The second-order valence-corrected chi connectivity index (χ2v) is 7.58. The lowest BCUT2D eigenvalue weighted by Gasteiger charge is -2.42. The van der Waals surface area contributed by atoms with Crippen LogP contribution in [0.25, 0.3) is 0 Å². The highest BCUT2D eigenvalue weighted by Gasteiger charge is 2.33. The third-order valence-corrected chi connectivity index (χ3v) is 5.58. The molecule has 0 saturated carbocycles. The van der Waals surface area contributed by atoms with Gasteiger partial charge in [0.15, 0.2) is 0 Å². The van der Waals surface area contributed by atoms with Gasteiger partial charge in [-0.2, -0.15) is 0 Å². The van der Waals surface area contributed by atoms with E-state index in [0.29, 0.717) is 12.3 Å². The molecule has 144 valence electrons. The summed E-state index contributed by atoms with van der Waals surface area (Å²) in [5.41, 5.74) is 8.93. The number of carbonyl (C=O) groups is 1. The lowest BCUT2D eigenvalue weighted by molar-refractivity contribution is -0.119. The molecule has 4 nitrogen and oxygen atoms in total. The van der Waals surface area contributed by atoms with Crippen LogP contribution in [-0.4, -0.2) is 36.5 Å². The van der Waals surface area contributed by atoms with Gasteiger partial charge in [-0.15, -0.1) is 0 Å². The van der Waals surface area contributed by atoms with E-state index in [9.17, 15) is 4.79 Å². The largest absolute Gasteiger partial charge is 0.399 e. The van der Waals surface area contributed by atoms with Crippen molar-refractivity contribution in [1.82, 2.24) is 4.90 Å². The van der Waals surface area contributed by atoms with Gasteiger partial charge in [-0.3, -0.25) is 4.79 Å². The van der Waals surface area contributed by atoms with Gasteiger partial charge in [0.05, 0.1) is 0 Å². The predicted octanol–water partition coefficient (Wildman–Crippen LogP) is 3.96. The first kappa shape index (κ1) is 19.4. The molecule has 2 N–H and O–H groups in total. The van der Waals surface area contributed by atoms with Crippen LogP contribution < -0.4 is 10.6 Å². The van der Waals surface area contributed by atoms with Crippen molar-refractivity contribution in [3.63, 3.8) is 0 Å². The molecule has 0 aromatic heterocycles. The number of nitrogens with zero attached hydrogens (tertiary/aromatic N) is 2. The SMILES string of the molecule is CCC(=O)N(c1ccccc1)C1CCN(CCc2ccc(N)cc2)CC1C. The van der Waals surface area contributed by atoms with Gasteiger partial charge in [-0.1, -0.05) is 44.2 Å². The zero-order valence-electron chi connectivity index (χ0n) is 16.5. The van der Waals surface area contributed by atoms with Crippen molar-refractivity contribution in [1.29, 1.82) is 0 Å². The Kier molecular flexibility index (Phi) is 6.51. The summed E-state index contributed by atoms with van der Waals surface area (Å²) in [6.07, 6.45) is 2.59. The number of piperidine rings is 1. The summed E-state index contributed by atoms with van der Waals surface area (Å²) >= 11 is 0. The molecule has 1 heterocycles. The normalized spacial score (nSPS) is 20.4. The van der Waals surface area contributed by atoms with E-state index >= 15 is 0 Å². The first-order valence-electron chi connectivity index (χ1n) is 10.0. The van der Waals surface area contributed by atoms with E-state index < -0.39 is 0 Å². The number of hydrogen-bond acceptors (Lipinski definition) is 3. The van der Waals surface area contributed by atoms with Crippen LogP contribution in [0.1, 0.15) is 32.3 Å². The first-order chi connectivity index (χ1) is 13.1. The highest BCUT2D eigenvalue weighted by atomic mass is 16.2. The zero-order valence-corrected chi connectivity index (χ0v) is 16.5. The summed E-state index contributed by atoms with van der Waals surface area (Å²) in [7, 11) is 0. The van der Waals surface area contributed by atoms with Crippen molar-refractivity contribution < 1.29 is 4.79 Å². The maximum absolute atomic E-state index is 12.7. The Morgan fingerprint density at radius 3 is 2.48 bits per heavy atom. The van der Waals surface area contributed by atoms with Crippen LogP contribution in [0.2, 0.25) is 0 Å². The van der Waals surface area contributed by atoms with Gasteiger partial charge >= 0.3 is 0 Å². The Morgan fingerprint density at radius 1 is 1.15 bits per heavy atom. The minimum absolute atomic E-state index is 0.216. The van der Waals surface area contributed by atoms with Gasteiger partial charge < -0.3 is 15.5 Å². The number of hydrogen-bond donors (Lipinski definition) is 1. The molecule has 0 spiro atoms. The smallest absolute Gasteiger partial charge is 0.226 e. The monoisotopic (exact) mass is 365 g/mol. The summed E-state index contributed by atoms with van der Waals surface area (Å²) in [6, 6.07) is 18.6. The van der Waals surface area contributed by atoms with Crippen molar-refractivity contribution in [2.24, 2.45) is 5.92 Å². The summed E-state index contributed by atoms with van der Waals surface area (Å²) in [6.45, 7) is 7.34. The number of anilines is 2. The third kappa shape index (κ3) is 4.89. The lowest BCUT2D eigenvalue weighted by atomic mass is 9.91. The quantitative estimate of drug-likeness (QED) is 0.788. The minimum atomic E-state index is 0.216. The van der Waals surface area contributed by atoms with Crippen molar-refractivity contribution in [3.8, 4) is 0 Å². The van der Waals surface area contributed by atoms with E-state index in [-0.39, 0.29) is 11.9 Å². The molecule has 2 aromatic carbocycles. The second kappa shape index (κ2) is 9.05. The van der Waals surface area contributed by atoms with E-state index in [1.807, 2.05) is 54.3 Å². The second-order valence-electron chi connectivity index (χ2n) is 7.58. The Labute approximate surface area is 163 Å². The molecule has 1 fully saturated rings. The van der Waals surface area contributed by atoms with E-state index in [1.54, 1.807) is 0 Å². The van der Waals surface area contributed by atoms with E-state index in [2.05, 4.69) is 24.0 Å². The molecule has 2 unspecified atom stereocenters. The van der Waals surface area contributed by atoms with Gasteiger partial charge in [0.2, 0.25) is 5.91 Å². The lowest BCUT2D eigenvalue weighted by Crippen LogP contribution is -2.52. The van der Waals surface area contributed by atoms with Crippen molar-refractivity contribution in [3.05, 3.63) is 60.2 Å². The molecule has 4 heteroatoms. The molecule has 2 aromatic rings. The van der Waals surface area contributed by atoms with Gasteiger partial charge in [0.25, 0.3) is 0 Å². The Morgan fingerprint density at radius 2 is 1.85 bits per heavy atom. The Bertz CT molecular complexity index is 729. The maximum atomic E-state index is 12.7. The Balaban J connectivity index is 1.62. The van der Waals surface area contributed by atoms with Crippen LogP contribution in [-0.2, 0) is 11.2 Å². The van der Waals surface area contributed by atoms with E-state index in [0.717, 1.165) is 43.9 Å². The number of nitrogens with two attached hydrogens (primary N) is 1. The van der Waals surface area contributed by atoms with Gasteiger partial charge in [0, 0.05) is 43.5 Å². The molecular formula is C23H31N3O. The third-order valence-electron chi connectivity index (χ3n) is 5.58.